The Morgan fingerprint density at radius 3 is 1.97 bits per heavy atom. The van der Waals surface area contributed by atoms with Crippen LogP contribution in [-0.4, -0.2) is 62.3 Å². The molecule has 1 fully saturated rings. The molecule has 1 heterocycles. The van der Waals surface area contributed by atoms with E-state index in [-0.39, 0.29) is 12.4 Å². The van der Waals surface area contributed by atoms with Crippen LogP contribution >= 0.6 is 12.4 Å². The number of hydrogen-bond donors (Lipinski definition) is 0. The van der Waals surface area contributed by atoms with E-state index in [1.54, 1.807) is 0 Å². The molecule has 2 aromatic carbocycles. The van der Waals surface area contributed by atoms with Crippen molar-refractivity contribution in [1.82, 2.24) is 9.80 Å². The van der Waals surface area contributed by atoms with Gasteiger partial charge < -0.3 is 9.47 Å². The van der Waals surface area contributed by atoms with Gasteiger partial charge in [0.25, 0.3) is 0 Å². The van der Waals surface area contributed by atoms with Gasteiger partial charge in [-0.05, 0) is 11.1 Å². The molecule has 2 aromatic rings. The number of ether oxygens (including phenoxy) is 2. The van der Waals surface area contributed by atoms with Crippen LogP contribution in [-0.2, 0) is 22.6 Å². The van der Waals surface area contributed by atoms with Gasteiger partial charge in [0.2, 0.25) is 0 Å². The number of nitrogens with zero attached hydrogens (tertiary/aromatic N) is 2. The topological polar surface area (TPSA) is 24.9 Å². The van der Waals surface area contributed by atoms with E-state index in [1.807, 2.05) is 18.2 Å². The van der Waals surface area contributed by atoms with E-state index in [9.17, 15) is 0 Å². The second kappa shape index (κ2) is 14.2. The summed E-state index contributed by atoms with van der Waals surface area (Å²) in [4.78, 5) is 4.93. The highest BCUT2D eigenvalue weighted by Gasteiger charge is 2.15. The molecule has 1 aliphatic heterocycles. The van der Waals surface area contributed by atoms with Crippen LogP contribution in [0.4, 0.5) is 0 Å². The van der Waals surface area contributed by atoms with E-state index >= 15 is 0 Å². The molecule has 0 aliphatic carbocycles. The Morgan fingerprint density at radius 2 is 1.28 bits per heavy atom. The fourth-order valence-electron chi connectivity index (χ4n) is 3.17. The van der Waals surface area contributed by atoms with Crippen LogP contribution in [0.2, 0.25) is 0 Å². The van der Waals surface area contributed by atoms with Gasteiger partial charge in [-0.3, -0.25) is 9.80 Å². The van der Waals surface area contributed by atoms with Crippen molar-refractivity contribution >= 4 is 12.4 Å². The van der Waals surface area contributed by atoms with Gasteiger partial charge in [-0.25, -0.2) is 0 Å². The quantitative estimate of drug-likeness (QED) is 0.463. The summed E-state index contributed by atoms with van der Waals surface area (Å²) in [5.41, 5.74) is 2.58. The van der Waals surface area contributed by atoms with Gasteiger partial charge in [-0.15, -0.1) is 12.4 Å². The summed E-state index contributed by atoms with van der Waals surface area (Å²) in [5.74, 6) is 6.34. The molecule has 0 atom stereocenters. The Balaban J connectivity index is 0.00000300. The van der Waals surface area contributed by atoms with Crippen LogP contribution in [0.1, 0.15) is 11.1 Å². The highest BCUT2D eigenvalue weighted by molar-refractivity contribution is 5.85. The second-order valence-corrected chi connectivity index (χ2v) is 6.98. The molecular weight excluding hydrogens is 384 g/mol. The maximum absolute atomic E-state index is 5.59. The van der Waals surface area contributed by atoms with Gasteiger partial charge >= 0.3 is 0 Å². The number of piperazine rings is 1. The molecule has 1 saturated heterocycles. The van der Waals surface area contributed by atoms with Crippen molar-refractivity contribution in [2.24, 2.45) is 0 Å². The van der Waals surface area contributed by atoms with Crippen molar-refractivity contribution < 1.29 is 9.47 Å². The van der Waals surface area contributed by atoms with Crippen LogP contribution in [0.15, 0.2) is 60.7 Å². The Bertz CT molecular complexity index is 723. The lowest BCUT2D eigenvalue weighted by atomic mass is 10.2. The zero-order valence-electron chi connectivity index (χ0n) is 17.0. The summed E-state index contributed by atoms with van der Waals surface area (Å²) < 4.78 is 11.1. The van der Waals surface area contributed by atoms with E-state index in [0.29, 0.717) is 26.4 Å². The van der Waals surface area contributed by atoms with Crippen molar-refractivity contribution in [2.45, 2.75) is 13.2 Å². The van der Waals surface area contributed by atoms with Crippen molar-refractivity contribution in [2.75, 3.05) is 52.5 Å². The van der Waals surface area contributed by atoms with Gasteiger partial charge in [0.1, 0.15) is 6.61 Å². The van der Waals surface area contributed by atoms with Gasteiger partial charge in [0.05, 0.1) is 26.4 Å². The lowest BCUT2D eigenvalue weighted by Gasteiger charge is -2.33. The molecule has 0 aromatic heterocycles. The third-order valence-corrected chi connectivity index (χ3v) is 4.80. The predicted octanol–water partition coefficient (Wildman–Crippen LogP) is 3.46. The van der Waals surface area contributed by atoms with Crippen LogP contribution in [0.5, 0.6) is 0 Å². The molecule has 1 aliphatic rings. The van der Waals surface area contributed by atoms with Gasteiger partial charge in [0, 0.05) is 32.7 Å². The molecule has 0 spiro atoms. The highest BCUT2D eigenvalue weighted by atomic mass is 35.5. The first-order valence-corrected chi connectivity index (χ1v) is 10.0. The fraction of sp³-hybridized carbons (Fsp3) is 0.417. The molecule has 5 heteroatoms. The minimum atomic E-state index is 0. The summed E-state index contributed by atoms with van der Waals surface area (Å²) in [6, 6.07) is 20.9. The maximum atomic E-state index is 5.59. The van der Waals surface area contributed by atoms with Crippen molar-refractivity contribution in [3.05, 3.63) is 71.8 Å². The Morgan fingerprint density at radius 1 is 0.690 bits per heavy atom. The van der Waals surface area contributed by atoms with E-state index < -0.39 is 0 Å². The van der Waals surface area contributed by atoms with E-state index in [0.717, 1.165) is 39.3 Å². The minimum Gasteiger partial charge on any atom is -0.374 e. The molecule has 0 bridgehead atoms. The van der Waals surface area contributed by atoms with Gasteiger partial charge in [-0.2, -0.15) is 0 Å². The Hall–Kier alpha value is -1.87. The molecule has 29 heavy (non-hydrogen) atoms. The van der Waals surface area contributed by atoms with E-state index in [4.69, 9.17) is 9.47 Å². The molecule has 0 saturated carbocycles. The first-order chi connectivity index (χ1) is 13.9. The Labute approximate surface area is 181 Å². The molecule has 4 nitrogen and oxygen atoms in total. The first kappa shape index (κ1) is 23.4. The van der Waals surface area contributed by atoms with E-state index in [1.165, 1.54) is 11.1 Å². The monoisotopic (exact) mass is 414 g/mol. The molecule has 156 valence electrons. The molecule has 0 amide bonds. The first-order valence-electron chi connectivity index (χ1n) is 10.0. The van der Waals surface area contributed by atoms with Gasteiger partial charge in [-0.1, -0.05) is 72.5 Å². The third-order valence-electron chi connectivity index (χ3n) is 4.80. The van der Waals surface area contributed by atoms with Crippen LogP contribution in [0.25, 0.3) is 0 Å². The SMILES string of the molecule is C(#CCN1CCN(Cc2ccccc2)CC1)COCCOCc1ccccc1.Cl. The number of hydrogen-bond acceptors (Lipinski definition) is 4. The fourth-order valence-corrected chi connectivity index (χ4v) is 3.17. The predicted molar refractivity (Wildman–Crippen MR) is 120 cm³/mol. The third kappa shape index (κ3) is 9.45. The van der Waals surface area contributed by atoms with Crippen molar-refractivity contribution in [3.63, 3.8) is 0 Å². The van der Waals surface area contributed by atoms with Gasteiger partial charge in [0.15, 0.2) is 0 Å². The number of halogens is 1. The lowest BCUT2D eigenvalue weighted by Crippen LogP contribution is -2.45. The molecular formula is C24H31ClN2O2. The normalized spacial score (nSPS) is 14.6. The standard InChI is InChI=1S/C24H30N2O2.ClH/c1-3-9-23(10-4-1)21-26-16-14-25(15-17-26)13-7-8-18-27-19-20-28-22-24-11-5-2-6-12-24;/h1-6,9-12H,13-22H2;1H. The zero-order valence-corrected chi connectivity index (χ0v) is 17.8. The molecule has 0 N–H and O–H groups in total. The average molecular weight is 415 g/mol. The van der Waals surface area contributed by atoms with Crippen LogP contribution in [0.3, 0.4) is 0 Å². The smallest absolute Gasteiger partial charge is 0.107 e. The number of benzene rings is 2. The summed E-state index contributed by atoms with van der Waals surface area (Å²) >= 11 is 0. The summed E-state index contributed by atoms with van der Waals surface area (Å²) in [7, 11) is 0. The highest BCUT2D eigenvalue weighted by Crippen LogP contribution is 2.08. The number of rotatable bonds is 9. The lowest BCUT2D eigenvalue weighted by molar-refractivity contribution is 0.0519. The Kier molecular flexibility index (Phi) is 11.4. The summed E-state index contributed by atoms with van der Waals surface area (Å²) in [6.07, 6.45) is 0. The largest absolute Gasteiger partial charge is 0.374 e. The zero-order chi connectivity index (χ0) is 19.3. The van der Waals surface area contributed by atoms with Crippen molar-refractivity contribution in [1.29, 1.82) is 0 Å². The minimum absolute atomic E-state index is 0. The molecule has 3 rings (SSSR count). The second-order valence-electron chi connectivity index (χ2n) is 6.98. The van der Waals surface area contributed by atoms with Crippen LogP contribution < -0.4 is 0 Å². The van der Waals surface area contributed by atoms with E-state index in [2.05, 4.69) is 64.1 Å². The summed E-state index contributed by atoms with van der Waals surface area (Å²) in [6.45, 7) is 8.52. The molecule has 0 unspecified atom stereocenters. The van der Waals surface area contributed by atoms with Crippen LogP contribution in [0, 0.1) is 11.8 Å². The maximum Gasteiger partial charge on any atom is 0.107 e. The van der Waals surface area contributed by atoms with Crippen molar-refractivity contribution in [3.8, 4) is 11.8 Å². The molecule has 0 radical (unpaired) electrons. The summed E-state index contributed by atoms with van der Waals surface area (Å²) in [5, 5.41) is 0. The average Bonchev–Trinajstić information content (AvgIpc) is 2.75.